The highest BCUT2D eigenvalue weighted by atomic mass is 16.5. The molecule has 23 heavy (non-hydrogen) atoms. The Morgan fingerprint density at radius 3 is 3.04 bits per heavy atom. The van der Waals surface area contributed by atoms with Gasteiger partial charge in [0.15, 0.2) is 6.04 Å². The van der Waals surface area contributed by atoms with Crippen LogP contribution in [0.1, 0.15) is 5.56 Å². The van der Waals surface area contributed by atoms with Crippen LogP contribution < -0.4 is 4.74 Å². The monoisotopic (exact) mass is 318 g/mol. The fraction of sp³-hybridized carbons (Fsp3) is 0.375. The minimum atomic E-state index is -1.05. The number of carbonyl (C=O) groups excluding carboxylic acids is 1. The molecular weight excluding hydrogens is 300 g/mol. The fourth-order valence-corrected chi connectivity index (χ4v) is 2.90. The molecule has 1 atom stereocenters. The van der Waals surface area contributed by atoms with Gasteiger partial charge in [-0.1, -0.05) is 6.07 Å². The number of hydrogen-bond donors (Lipinski definition) is 2. The predicted octanol–water partition coefficient (Wildman–Crippen LogP) is 1.03. The van der Waals surface area contributed by atoms with Gasteiger partial charge in [-0.05, 0) is 17.7 Å². The van der Waals surface area contributed by atoms with Gasteiger partial charge < -0.3 is 24.5 Å². The maximum Gasteiger partial charge on any atom is 0.328 e. The molecule has 122 valence electrons. The minimum absolute atomic E-state index is 0.0261. The van der Waals surface area contributed by atoms with Crippen LogP contribution in [0.4, 0.5) is 0 Å². The number of nitrogens with zero attached hydrogens (tertiary/aromatic N) is 1. The summed E-state index contributed by atoms with van der Waals surface area (Å²) in [4.78, 5) is 28.3. The summed E-state index contributed by atoms with van der Waals surface area (Å²) in [5.74, 6) is -0.592. The van der Waals surface area contributed by atoms with Gasteiger partial charge in [-0.2, -0.15) is 0 Å². The van der Waals surface area contributed by atoms with Crippen LogP contribution in [0.25, 0.3) is 10.9 Å². The summed E-state index contributed by atoms with van der Waals surface area (Å²) in [6.07, 6.45) is 1.88. The maximum atomic E-state index is 12.6. The Kier molecular flexibility index (Phi) is 4.20. The van der Waals surface area contributed by atoms with E-state index in [-0.39, 0.29) is 25.5 Å². The molecule has 2 aromatic rings. The molecule has 1 aromatic heterocycles. The number of carbonyl (C=O) groups is 2. The van der Waals surface area contributed by atoms with Crippen molar-refractivity contribution >= 4 is 22.8 Å². The summed E-state index contributed by atoms with van der Waals surface area (Å²) in [7, 11) is 1.58. The van der Waals surface area contributed by atoms with Crippen LogP contribution >= 0.6 is 0 Å². The lowest BCUT2D eigenvalue weighted by atomic mass is 10.1. The Bertz CT molecular complexity index is 739. The van der Waals surface area contributed by atoms with Gasteiger partial charge in [0.05, 0.1) is 26.7 Å². The molecule has 7 heteroatoms. The maximum absolute atomic E-state index is 12.6. The van der Waals surface area contributed by atoms with Crippen LogP contribution in [0.3, 0.4) is 0 Å². The van der Waals surface area contributed by atoms with Crippen molar-refractivity contribution in [3.05, 3.63) is 30.0 Å². The van der Waals surface area contributed by atoms with Crippen molar-refractivity contribution in [2.24, 2.45) is 0 Å². The number of morpholine rings is 1. The van der Waals surface area contributed by atoms with E-state index >= 15 is 0 Å². The summed E-state index contributed by atoms with van der Waals surface area (Å²) in [6.45, 7) is 0.667. The summed E-state index contributed by atoms with van der Waals surface area (Å²) in [5.41, 5.74) is 1.67. The van der Waals surface area contributed by atoms with Crippen LogP contribution in [-0.4, -0.2) is 59.8 Å². The largest absolute Gasteiger partial charge is 0.496 e. The quantitative estimate of drug-likeness (QED) is 0.878. The number of aromatic nitrogens is 1. The molecule has 0 aliphatic carbocycles. The lowest BCUT2D eigenvalue weighted by molar-refractivity contribution is -0.157. The number of benzene rings is 1. The van der Waals surface area contributed by atoms with Gasteiger partial charge in [0.25, 0.3) is 0 Å². The van der Waals surface area contributed by atoms with Crippen LogP contribution in [-0.2, 0) is 20.7 Å². The number of hydrogen-bond acceptors (Lipinski definition) is 4. The number of carboxylic acid groups (broad SMARTS) is 1. The highest BCUT2D eigenvalue weighted by Gasteiger charge is 2.32. The third kappa shape index (κ3) is 2.87. The number of ether oxygens (including phenoxy) is 2. The first-order valence-electron chi connectivity index (χ1n) is 7.35. The van der Waals surface area contributed by atoms with E-state index in [2.05, 4.69) is 4.98 Å². The molecule has 1 aliphatic rings. The zero-order chi connectivity index (χ0) is 16.4. The number of aromatic amines is 1. The van der Waals surface area contributed by atoms with E-state index in [9.17, 15) is 14.7 Å². The molecule has 1 unspecified atom stereocenters. The summed E-state index contributed by atoms with van der Waals surface area (Å²) >= 11 is 0. The summed E-state index contributed by atoms with van der Waals surface area (Å²) in [6, 6.07) is 4.67. The molecule has 7 nitrogen and oxygen atoms in total. The molecule has 1 saturated heterocycles. The number of carboxylic acids is 1. The normalized spacial score (nSPS) is 18.1. The molecule has 1 amide bonds. The molecule has 2 N–H and O–H groups in total. The Morgan fingerprint density at radius 2 is 2.30 bits per heavy atom. The van der Waals surface area contributed by atoms with E-state index in [1.165, 1.54) is 4.90 Å². The Morgan fingerprint density at radius 1 is 1.48 bits per heavy atom. The van der Waals surface area contributed by atoms with Crippen molar-refractivity contribution in [3.63, 3.8) is 0 Å². The average molecular weight is 318 g/mol. The molecule has 0 radical (unpaired) electrons. The molecule has 3 rings (SSSR count). The smallest absolute Gasteiger partial charge is 0.328 e. The second-order valence-electron chi connectivity index (χ2n) is 5.39. The van der Waals surface area contributed by atoms with Crippen LogP contribution in [0.15, 0.2) is 24.4 Å². The third-order valence-corrected chi connectivity index (χ3v) is 4.04. The number of nitrogens with one attached hydrogen (secondary N) is 1. The van der Waals surface area contributed by atoms with Crippen LogP contribution in [0, 0.1) is 0 Å². The lowest BCUT2D eigenvalue weighted by Gasteiger charge is -2.32. The molecule has 2 heterocycles. The number of methoxy groups -OCH3 is 1. The minimum Gasteiger partial charge on any atom is -0.496 e. The standard InChI is InChI=1S/C16H18N2O5/c1-22-13-4-2-3-11-15(13)10(8-17-11)7-14(19)18-5-6-23-9-12(18)16(20)21/h2-4,8,12,17H,5-7,9H2,1H3,(H,20,21). The van der Waals surface area contributed by atoms with Gasteiger partial charge in [0, 0.05) is 23.6 Å². The molecule has 0 saturated carbocycles. The molecule has 0 spiro atoms. The first-order valence-corrected chi connectivity index (χ1v) is 7.35. The zero-order valence-electron chi connectivity index (χ0n) is 12.7. The molecule has 0 bridgehead atoms. The summed E-state index contributed by atoms with van der Waals surface area (Å²) in [5, 5.41) is 10.1. The van der Waals surface area contributed by atoms with Crippen LogP contribution in [0.5, 0.6) is 5.75 Å². The van der Waals surface area contributed by atoms with Crippen molar-refractivity contribution in [3.8, 4) is 5.75 Å². The van der Waals surface area contributed by atoms with Gasteiger partial charge in [0.1, 0.15) is 5.75 Å². The topological polar surface area (TPSA) is 91.9 Å². The second-order valence-corrected chi connectivity index (χ2v) is 5.39. The van der Waals surface area contributed by atoms with E-state index in [1.54, 1.807) is 13.3 Å². The van der Waals surface area contributed by atoms with Gasteiger partial charge >= 0.3 is 5.97 Å². The summed E-state index contributed by atoms with van der Waals surface area (Å²) < 4.78 is 10.5. The highest BCUT2D eigenvalue weighted by Crippen LogP contribution is 2.29. The first kappa shape index (κ1) is 15.4. The van der Waals surface area contributed by atoms with E-state index < -0.39 is 12.0 Å². The van der Waals surface area contributed by atoms with Gasteiger partial charge in [-0.15, -0.1) is 0 Å². The van der Waals surface area contributed by atoms with E-state index in [0.29, 0.717) is 12.4 Å². The molecule has 1 fully saturated rings. The Balaban J connectivity index is 1.86. The van der Waals surface area contributed by atoms with Gasteiger partial charge in [0.2, 0.25) is 5.91 Å². The number of fused-ring (bicyclic) bond motifs is 1. The number of amides is 1. The van der Waals surface area contributed by atoms with Crippen molar-refractivity contribution in [2.45, 2.75) is 12.5 Å². The molecule has 1 aromatic carbocycles. The van der Waals surface area contributed by atoms with Crippen LogP contribution in [0.2, 0.25) is 0 Å². The van der Waals surface area contributed by atoms with Gasteiger partial charge in [-0.3, -0.25) is 4.79 Å². The number of rotatable bonds is 4. The van der Waals surface area contributed by atoms with Crippen molar-refractivity contribution in [2.75, 3.05) is 26.9 Å². The fourth-order valence-electron chi connectivity index (χ4n) is 2.90. The average Bonchev–Trinajstić information content (AvgIpc) is 2.98. The van der Waals surface area contributed by atoms with Gasteiger partial charge in [-0.25, -0.2) is 4.79 Å². The Hall–Kier alpha value is -2.54. The van der Waals surface area contributed by atoms with E-state index in [4.69, 9.17) is 9.47 Å². The third-order valence-electron chi connectivity index (χ3n) is 4.04. The number of aliphatic carboxylic acids is 1. The van der Waals surface area contributed by atoms with E-state index in [0.717, 1.165) is 16.5 Å². The first-order chi connectivity index (χ1) is 11.1. The molecule has 1 aliphatic heterocycles. The molecular formula is C16H18N2O5. The van der Waals surface area contributed by atoms with Crippen molar-refractivity contribution < 1.29 is 24.2 Å². The zero-order valence-corrected chi connectivity index (χ0v) is 12.7. The van der Waals surface area contributed by atoms with Crippen molar-refractivity contribution in [1.82, 2.24) is 9.88 Å². The highest BCUT2D eigenvalue weighted by molar-refractivity contribution is 5.94. The van der Waals surface area contributed by atoms with Crippen molar-refractivity contribution in [1.29, 1.82) is 0 Å². The van der Waals surface area contributed by atoms with E-state index in [1.807, 2.05) is 18.2 Å². The SMILES string of the molecule is COc1cccc2[nH]cc(CC(=O)N3CCOCC3C(=O)O)c12. The Labute approximate surface area is 132 Å². The second kappa shape index (κ2) is 6.29. The predicted molar refractivity (Wildman–Crippen MR) is 82.5 cm³/mol. The lowest BCUT2D eigenvalue weighted by Crippen LogP contribution is -2.53. The number of H-pyrrole nitrogens is 1.